The number of carbonyl (C=O) groups is 1. The minimum atomic E-state index is -0.486. The molecule has 2 atom stereocenters. The fraction of sp³-hybridized carbons (Fsp3) is 0.318. The summed E-state index contributed by atoms with van der Waals surface area (Å²) in [7, 11) is 0. The molecular weight excluding hydrogens is 396 g/mol. The van der Waals surface area contributed by atoms with Crippen LogP contribution < -0.4 is 10.8 Å². The van der Waals surface area contributed by atoms with Crippen LogP contribution in [-0.4, -0.2) is 52.0 Å². The highest BCUT2D eigenvalue weighted by atomic mass is 16.7. The van der Waals surface area contributed by atoms with Crippen molar-refractivity contribution in [2.24, 2.45) is 4.99 Å². The van der Waals surface area contributed by atoms with Crippen LogP contribution in [0.3, 0.4) is 0 Å². The number of nitrogens with zero attached hydrogens (tertiary/aromatic N) is 4. The number of benzene rings is 1. The largest absolute Gasteiger partial charge is 0.375 e. The fourth-order valence-electron chi connectivity index (χ4n) is 3.79. The van der Waals surface area contributed by atoms with Crippen molar-refractivity contribution >= 4 is 23.2 Å². The number of morpholine rings is 1. The van der Waals surface area contributed by atoms with Crippen LogP contribution in [0.25, 0.3) is 5.65 Å². The Kier molecular flexibility index (Phi) is 5.05. The van der Waals surface area contributed by atoms with E-state index in [1.54, 1.807) is 10.6 Å². The van der Waals surface area contributed by atoms with E-state index in [4.69, 9.17) is 9.57 Å². The van der Waals surface area contributed by atoms with Crippen LogP contribution in [0.1, 0.15) is 34.8 Å². The number of carbonyl (C=O) groups excluding carboxylic acids is 1. The number of fused-ring (bicyclic) bond motifs is 1. The van der Waals surface area contributed by atoms with E-state index in [1.165, 1.54) is 0 Å². The predicted molar refractivity (Wildman–Crippen MR) is 116 cm³/mol. The molecule has 1 saturated heterocycles. The first-order valence-corrected chi connectivity index (χ1v) is 10.3. The molecule has 1 aromatic carbocycles. The average Bonchev–Trinajstić information content (AvgIpc) is 3.43. The number of imidazole rings is 1. The Morgan fingerprint density at radius 3 is 3.06 bits per heavy atom. The minimum Gasteiger partial charge on any atom is -0.375 e. The molecule has 0 spiro atoms. The second-order valence-electron chi connectivity index (χ2n) is 7.75. The van der Waals surface area contributed by atoms with Gasteiger partial charge in [-0.3, -0.25) is 9.20 Å². The van der Waals surface area contributed by atoms with Gasteiger partial charge in [-0.2, -0.15) is 0 Å². The van der Waals surface area contributed by atoms with E-state index < -0.39 is 6.23 Å². The molecule has 31 heavy (non-hydrogen) atoms. The maximum atomic E-state index is 12.9. The summed E-state index contributed by atoms with van der Waals surface area (Å²) in [5, 5.41) is 3.00. The number of amides is 1. The van der Waals surface area contributed by atoms with Crippen molar-refractivity contribution in [3.8, 4) is 0 Å². The van der Waals surface area contributed by atoms with Crippen LogP contribution in [-0.2, 0) is 9.57 Å². The minimum absolute atomic E-state index is 0.151. The molecule has 4 heterocycles. The van der Waals surface area contributed by atoms with Gasteiger partial charge in [0.05, 0.1) is 18.9 Å². The molecule has 2 aliphatic rings. The molecule has 1 fully saturated rings. The number of ether oxygens (including phenoxy) is 1. The summed E-state index contributed by atoms with van der Waals surface area (Å²) in [5.74, 6) is 0.480. The molecule has 0 saturated carbocycles. The van der Waals surface area contributed by atoms with Gasteiger partial charge in [0.1, 0.15) is 11.3 Å². The van der Waals surface area contributed by atoms with Crippen LogP contribution in [0, 0.1) is 6.92 Å². The number of guanidine groups is 1. The van der Waals surface area contributed by atoms with Crippen molar-refractivity contribution in [3.05, 3.63) is 65.6 Å². The van der Waals surface area contributed by atoms with Gasteiger partial charge >= 0.3 is 0 Å². The monoisotopic (exact) mass is 420 g/mol. The molecule has 0 aliphatic carbocycles. The van der Waals surface area contributed by atoms with Gasteiger partial charge < -0.3 is 15.0 Å². The summed E-state index contributed by atoms with van der Waals surface area (Å²) >= 11 is 0. The third-order valence-corrected chi connectivity index (χ3v) is 5.49. The maximum Gasteiger partial charge on any atom is 0.274 e. The lowest BCUT2D eigenvalue weighted by Crippen LogP contribution is -2.48. The SMILES string of the molecule is Cc1ccc(C2N=C(N3CCOC(C)C3)NO2)cc1NC(=O)c1cnc2ccccn12. The molecule has 1 amide bonds. The predicted octanol–water partition coefficient (Wildman–Crippen LogP) is 2.51. The second kappa shape index (κ2) is 8.01. The van der Waals surface area contributed by atoms with Crippen LogP contribution in [0.4, 0.5) is 5.69 Å². The van der Waals surface area contributed by atoms with Crippen molar-refractivity contribution < 1.29 is 14.4 Å². The van der Waals surface area contributed by atoms with Gasteiger partial charge in [-0.1, -0.05) is 18.2 Å². The number of hydrogen-bond donors (Lipinski definition) is 2. The highest BCUT2D eigenvalue weighted by Crippen LogP contribution is 2.27. The lowest BCUT2D eigenvalue weighted by Gasteiger charge is -2.31. The summed E-state index contributed by atoms with van der Waals surface area (Å²) < 4.78 is 7.35. The number of aliphatic imine (C=N–C) groups is 1. The number of nitrogens with one attached hydrogen (secondary N) is 2. The molecule has 9 heteroatoms. The maximum absolute atomic E-state index is 12.9. The zero-order valence-corrected chi connectivity index (χ0v) is 17.4. The Morgan fingerprint density at radius 1 is 1.29 bits per heavy atom. The number of rotatable bonds is 3. The molecular formula is C22H24N6O3. The number of hydrogen-bond acceptors (Lipinski definition) is 7. The molecule has 2 aliphatic heterocycles. The Bertz CT molecular complexity index is 1160. The van der Waals surface area contributed by atoms with Crippen molar-refractivity contribution in [2.75, 3.05) is 25.0 Å². The Balaban J connectivity index is 1.35. The normalized spacial score (nSPS) is 21.1. The highest BCUT2D eigenvalue weighted by Gasteiger charge is 2.27. The zero-order valence-electron chi connectivity index (χ0n) is 17.4. The highest BCUT2D eigenvalue weighted by molar-refractivity contribution is 6.04. The van der Waals surface area contributed by atoms with Crippen molar-refractivity contribution in [2.45, 2.75) is 26.2 Å². The Hall–Kier alpha value is -3.43. The summed E-state index contributed by atoms with van der Waals surface area (Å²) in [6, 6.07) is 11.4. The molecule has 0 bridgehead atoms. The molecule has 9 nitrogen and oxygen atoms in total. The first-order valence-electron chi connectivity index (χ1n) is 10.3. The van der Waals surface area contributed by atoms with E-state index in [2.05, 4.69) is 25.7 Å². The van der Waals surface area contributed by atoms with Crippen LogP contribution >= 0.6 is 0 Å². The fourth-order valence-corrected chi connectivity index (χ4v) is 3.79. The first kappa shape index (κ1) is 19.5. The molecule has 0 radical (unpaired) electrons. The third-order valence-electron chi connectivity index (χ3n) is 5.49. The standard InChI is InChI=1S/C22H24N6O3/c1-14-6-7-16(21-25-22(26-31-21)27-9-10-30-15(2)13-27)11-17(14)24-20(29)18-12-23-19-5-3-4-8-28(18)19/h3-8,11-12,15,21H,9-10,13H2,1-2H3,(H,24,29)(H,25,26). The van der Waals surface area contributed by atoms with Gasteiger partial charge in [0.2, 0.25) is 12.2 Å². The van der Waals surface area contributed by atoms with Gasteiger partial charge in [-0.25, -0.2) is 20.3 Å². The molecule has 5 rings (SSSR count). The zero-order chi connectivity index (χ0) is 21.4. The van der Waals surface area contributed by atoms with E-state index >= 15 is 0 Å². The third kappa shape index (κ3) is 3.85. The molecule has 2 aromatic heterocycles. The Morgan fingerprint density at radius 2 is 2.19 bits per heavy atom. The lowest BCUT2D eigenvalue weighted by atomic mass is 10.1. The topological polar surface area (TPSA) is 92.5 Å². The summed E-state index contributed by atoms with van der Waals surface area (Å²) in [4.78, 5) is 29.7. The van der Waals surface area contributed by atoms with Gasteiger partial charge in [0.15, 0.2) is 0 Å². The van der Waals surface area contributed by atoms with Gasteiger partial charge in [-0.15, -0.1) is 0 Å². The number of aryl methyl sites for hydroxylation is 1. The number of anilines is 1. The van der Waals surface area contributed by atoms with Crippen molar-refractivity contribution in [3.63, 3.8) is 0 Å². The lowest BCUT2D eigenvalue weighted by molar-refractivity contribution is -0.00227. The number of aromatic nitrogens is 2. The number of pyridine rings is 1. The van der Waals surface area contributed by atoms with E-state index in [-0.39, 0.29) is 12.0 Å². The smallest absolute Gasteiger partial charge is 0.274 e. The van der Waals surface area contributed by atoms with Crippen molar-refractivity contribution in [1.29, 1.82) is 0 Å². The van der Waals surface area contributed by atoms with E-state index in [0.29, 0.717) is 23.9 Å². The summed E-state index contributed by atoms with van der Waals surface area (Å²) in [5.41, 5.74) is 6.64. The first-order chi connectivity index (χ1) is 15.1. The van der Waals surface area contributed by atoms with E-state index in [9.17, 15) is 4.79 Å². The molecule has 2 unspecified atom stereocenters. The number of hydroxylamine groups is 1. The summed E-state index contributed by atoms with van der Waals surface area (Å²) in [6.07, 6.45) is 3.06. The second-order valence-corrected chi connectivity index (χ2v) is 7.75. The Labute approximate surface area is 179 Å². The average molecular weight is 420 g/mol. The van der Waals surface area contributed by atoms with E-state index in [1.807, 2.05) is 56.4 Å². The van der Waals surface area contributed by atoms with Gasteiger partial charge in [0, 0.05) is 30.5 Å². The van der Waals surface area contributed by atoms with E-state index in [0.717, 1.165) is 29.9 Å². The summed E-state index contributed by atoms with van der Waals surface area (Å²) in [6.45, 7) is 6.18. The van der Waals surface area contributed by atoms with Gasteiger partial charge in [0.25, 0.3) is 5.91 Å². The van der Waals surface area contributed by atoms with Crippen LogP contribution in [0.5, 0.6) is 0 Å². The van der Waals surface area contributed by atoms with Crippen molar-refractivity contribution in [1.82, 2.24) is 19.8 Å². The van der Waals surface area contributed by atoms with Crippen LogP contribution in [0.2, 0.25) is 0 Å². The molecule has 2 N–H and O–H groups in total. The molecule has 3 aromatic rings. The molecule has 160 valence electrons. The van der Waals surface area contributed by atoms with Crippen LogP contribution in [0.15, 0.2) is 53.8 Å². The van der Waals surface area contributed by atoms with Gasteiger partial charge in [-0.05, 0) is 37.6 Å². The quantitative estimate of drug-likeness (QED) is 0.677.